The van der Waals surface area contributed by atoms with Crippen molar-refractivity contribution < 1.29 is 9.53 Å². The van der Waals surface area contributed by atoms with E-state index in [0.717, 1.165) is 39.3 Å². The van der Waals surface area contributed by atoms with Crippen LogP contribution in [0.15, 0.2) is 43.6 Å². The summed E-state index contributed by atoms with van der Waals surface area (Å²) < 4.78 is 5.80. The molecule has 2 aromatic heterocycles. The summed E-state index contributed by atoms with van der Waals surface area (Å²) >= 11 is 1.74. The highest BCUT2D eigenvalue weighted by atomic mass is 32.1. The summed E-state index contributed by atoms with van der Waals surface area (Å²) in [6.07, 6.45) is 9.35. The smallest absolute Gasteiger partial charge is 0.158 e. The fourth-order valence-corrected chi connectivity index (χ4v) is 4.89. The van der Waals surface area contributed by atoms with E-state index in [1.165, 1.54) is 4.88 Å². The van der Waals surface area contributed by atoms with E-state index in [1.807, 2.05) is 33.9 Å². The Hall–Kier alpha value is -1.98. The fraction of sp³-hybridized carbons (Fsp3) is 0.500. The maximum Gasteiger partial charge on any atom is 0.158 e. The zero-order valence-corrected chi connectivity index (χ0v) is 26.3. The van der Waals surface area contributed by atoms with E-state index in [9.17, 15) is 4.79 Å². The number of allylic oxidation sites excluding steroid dienone is 4. The monoisotopic (exact) mass is 545 g/mol. The molecular formula is C30H48N3O2PS. The summed E-state index contributed by atoms with van der Waals surface area (Å²) in [5.41, 5.74) is 5.23. The molecule has 5 nitrogen and oxygen atoms in total. The molecule has 0 saturated carbocycles. The third-order valence-electron chi connectivity index (χ3n) is 5.28. The van der Waals surface area contributed by atoms with Gasteiger partial charge in [0.25, 0.3) is 0 Å². The van der Waals surface area contributed by atoms with Gasteiger partial charge in [0.05, 0.1) is 17.2 Å². The van der Waals surface area contributed by atoms with Crippen LogP contribution in [0.1, 0.15) is 94.6 Å². The van der Waals surface area contributed by atoms with E-state index in [1.54, 1.807) is 18.3 Å². The molecule has 2 rings (SSSR count). The quantitative estimate of drug-likeness (QED) is 0.172. The number of hydrogen-bond donors (Lipinski definition) is 1. The van der Waals surface area contributed by atoms with Crippen LogP contribution in [0, 0.1) is 6.92 Å². The molecule has 0 fully saturated rings. The molecule has 0 saturated heterocycles. The van der Waals surface area contributed by atoms with E-state index >= 15 is 0 Å². The second-order valence-corrected chi connectivity index (χ2v) is 10.1. The van der Waals surface area contributed by atoms with Crippen molar-refractivity contribution in [3.63, 3.8) is 0 Å². The Balaban J connectivity index is 0.00000308. The summed E-state index contributed by atoms with van der Waals surface area (Å²) in [5.74, 6) is 0.0395. The molecular weight excluding hydrogens is 497 g/mol. The lowest BCUT2D eigenvalue weighted by Gasteiger charge is -2.19. The Morgan fingerprint density at radius 1 is 1.27 bits per heavy atom. The van der Waals surface area contributed by atoms with E-state index in [-0.39, 0.29) is 17.9 Å². The number of hydrogen-bond acceptors (Lipinski definition) is 6. The summed E-state index contributed by atoms with van der Waals surface area (Å²) in [6.45, 7) is 24.6. The van der Waals surface area contributed by atoms with Crippen LogP contribution in [0.5, 0.6) is 0 Å². The van der Waals surface area contributed by atoms with Gasteiger partial charge in [-0.25, -0.2) is 4.98 Å². The molecule has 0 amide bonds. The van der Waals surface area contributed by atoms with E-state index in [2.05, 4.69) is 84.7 Å². The maximum absolute atomic E-state index is 12.0. The number of carbonyl (C=O) groups is 1. The molecule has 3 unspecified atom stereocenters. The second-order valence-electron chi connectivity index (χ2n) is 8.50. The largest absolute Gasteiger partial charge is 0.367 e. The third kappa shape index (κ3) is 12.0. The molecule has 0 aliphatic heterocycles. The number of rotatable bonds is 12. The van der Waals surface area contributed by atoms with Crippen molar-refractivity contribution in [1.29, 1.82) is 0 Å². The molecule has 1 N–H and O–H groups in total. The van der Waals surface area contributed by atoms with Crippen LogP contribution in [0.4, 0.5) is 0 Å². The van der Waals surface area contributed by atoms with Crippen LogP contribution >= 0.6 is 20.6 Å². The fourth-order valence-electron chi connectivity index (χ4n) is 3.48. The first kappa shape index (κ1) is 35.0. The van der Waals surface area contributed by atoms with Crippen molar-refractivity contribution in [2.45, 2.75) is 99.9 Å². The van der Waals surface area contributed by atoms with Crippen LogP contribution in [0.2, 0.25) is 0 Å². The molecule has 37 heavy (non-hydrogen) atoms. The number of aromatic nitrogens is 2. The highest BCUT2D eigenvalue weighted by Crippen LogP contribution is 2.30. The standard InChI is InChI=1S/C26H38N3O2PS.C2H6.C2H4/c1-8-10-11-21(9-2)26-29-18(6)24(33-26)17(5)27-15-22-12-20(14-28-25(22)32)13-23(19(7)30)31-16(3)4;2*1-2/h9-12,14,16-17,23,27H,8,13,15,32H2,1-7H3;1-2H3;1-2H2/b11-10-,21-9+;;. The van der Waals surface area contributed by atoms with E-state index < -0.39 is 6.10 Å². The molecule has 0 aromatic carbocycles. The number of carbonyl (C=O) groups excluding carboxylic acids is 1. The predicted octanol–water partition coefficient (Wildman–Crippen LogP) is 7.32. The topological polar surface area (TPSA) is 64.1 Å². The number of ether oxygens (including phenoxy) is 1. The molecule has 206 valence electrons. The van der Waals surface area contributed by atoms with Crippen molar-refractivity contribution in [1.82, 2.24) is 15.3 Å². The number of nitrogens with one attached hydrogen (secondary N) is 1. The number of pyridine rings is 1. The third-order valence-corrected chi connectivity index (χ3v) is 7.19. The van der Waals surface area contributed by atoms with Gasteiger partial charge in [-0.15, -0.1) is 24.5 Å². The van der Waals surface area contributed by atoms with Crippen LogP contribution in [0.3, 0.4) is 0 Å². The summed E-state index contributed by atoms with van der Waals surface area (Å²) in [6, 6.07) is 2.28. The van der Waals surface area contributed by atoms with Gasteiger partial charge in [-0.05, 0) is 59.1 Å². The van der Waals surface area contributed by atoms with Gasteiger partial charge in [0.2, 0.25) is 0 Å². The van der Waals surface area contributed by atoms with Gasteiger partial charge in [-0.3, -0.25) is 9.78 Å². The number of nitrogens with zero attached hydrogens (tertiary/aromatic N) is 2. The number of thiazole rings is 1. The van der Waals surface area contributed by atoms with Gasteiger partial charge < -0.3 is 10.1 Å². The summed E-state index contributed by atoms with van der Waals surface area (Å²) in [7, 11) is 2.71. The Morgan fingerprint density at radius 2 is 1.92 bits per heavy atom. The highest BCUT2D eigenvalue weighted by Gasteiger charge is 2.19. The molecule has 3 atom stereocenters. The Labute approximate surface area is 232 Å². The highest BCUT2D eigenvalue weighted by molar-refractivity contribution is 7.27. The lowest BCUT2D eigenvalue weighted by Crippen LogP contribution is -2.28. The van der Waals surface area contributed by atoms with Gasteiger partial charge in [0.15, 0.2) is 5.78 Å². The van der Waals surface area contributed by atoms with Gasteiger partial charge in [0.1, 0.15) is 11.1 Å². The van der Waals surface area contributed by atoms with Crippen molar-refractivity contribution in [3.05, 3.63) is 70.4 Å². The van der Waals surface area contributed by atoms with Gasteiger partial charge in [0, 0.05) is 35.7 Å². The Bertz CT molecular complexity index is 1010. The van der Waals surface area contributed by atoms with E-state index in [0.29, 0.717) is 13.0 Å². The number of ketones is 1. The zero-order chi connectivity index (χ0) is 28.5. The summed E-state index contributed by atoms with van der Waals surface area (Å²) in [5, 5.41) is 4.68. The lowest BCUT2D eigenvalue weighted by atomic mass is 10.1. The maximum atomic E-state index is 12.0. The average Bonchev–Trinajstić information content (AvgIpc) is 3.27. The Kier molecular flexibility index (Phi) is 18.1. The summed E-state index contributed by atoms with van der Waals surface area (Å²) in [4.78, 5) is 22.6. The van der Waals surface area contributed by atoms with Gasteiger partial charge in [-0.2, -0.15) is 0 Å². The Morgan fingerprint density at radius 3 is 2.46 bits per heavy atom. The van der Waals surface area contributed by atoms with Crippen molar-refractivity contribution in [2.75, 3.05) is 0 Å². The first-order valence-corrected chi connectivity index (χ1v) is 14.5. The molecule has 0 aliphatic rings. The van der Waals surface area contributed by atoms with Crippen LogP contribution in [-0.4, -0.2) is 28.0 Å². The molecule has 0 bridgehead atoms. The zero-order valence-electron chi connectivity index (χ0n) is 24.4. The van der Waals surface area contributed by atoms with Crippen LogP contribution in [-0.2, 0) is 22.5 Å². The lowest BCUT2D eigenvalue weighted by molar-refractivity contribution is -0.130. The molecule has 2 aromatic rings. The second kappa shape index (κ2) is 19.1. The molecule has 7 heteroatoms. The molecule has 0 spiro atoms. The number of aryl methyl sites for hydroxylation is 1. The van der Waals surface area contributed by atoms with E-state index in [4.69, 9.17) is 9.72 Å². The minimum atomic E-state index is -0.442. The van der Waals surface area contributed by atoms with Crippen molar-refractivity contribution in [3.8, 4) is 0 Å². The molecule has 0 aliphatic carbocycles. The average molecular weight is 546 g/mol. The van der Waals surface area contributed by atoms with Crippen molar-refractivity contribution in [2.24, 2.45) is 0 Å². The van der Waals surface area contributed by atoms with Crippen LogP contribution in [0.25, 0.3) is 5.57 Å². The molecule has 0 radical (unpaired) electrons. The number of Topliss-reactive ketones (excluding diaryl/α,β-unsaturated/α-hetero) is 1. The normalized spacial score (nSPS) is 13.0. The molecule has 2 heterocycles. The van der Waals surface area contributed by atoms with Gasteiger partial charge >= 0.3 is 0 Å². The predicted molar refractivity (Wildman–Crippen MR) is 166 cm³/mol. The van der Waals surface area contributed by atoms with Gasteiger partial charge in [-0.1, -0.05) is 54.3 Å². The van der Waals surface area contributed by atoms with Crippen LogP contribution < -0.4 is 10.8 Å². The first-order chi connectivity index (χ1) is 17.7. The SMILES string of the molecule is C/C=C(\C=C/CC)c1nc(C)c(C(C)NCc2cc(CC(OC(C)C)C(C)=O)cnc2P)s1.C=C.CC. The minimum Gasteiger partial charge on any atom is -0.367 e. The minimum absolute atomic E-state index is 0.00270. The van der Waals surface area contributed by atoms with Crippen molar-refractivity contribution >= 4 is 37.4 Å². The first-order valence-electron chi connectivity index (χ1n) is 13.1.